The second-order valence-electron chi connectivity index (χ2n) is 6.41. The van der Waals surface area contributed by atoms with Crippen molar-refractivity contribution in [2.75, 3.05) is 20.8 Å². The van der Waals surface area contributed by atoms with E-state index in [0.29, 0.717) is 24.0 Å². The summed E-state index contributed by atoms with van der Waals surface area (Å²) in [7, 11) is 3.18. The van der Waals surface area contributed by atoms with E-state index in [1.807, 2.05) is 32.0 Å². The average molecular weight is 306 g/mol. The molecule has 1 fully saturated rings. The fourth-order valence-corrected chi connectivity index (χ4v) is 2.48. The molecule has 2 rings (SSSR count). The molecule has 1 aliphatic carbocycles. The Morgan fingerprint density at radius 2 is 1.95 bits per heavy atom. The Morgan fingerprint density at radius 3 is 2.50 bits per heavy atom. The van der Waals surface area contributed by atoms with Crippen molar-refractivity contribution in [1.29, 1.82) is 0 Å². The molecule has 1 atom stereocenters. The van der Waals surface area contributed by atoms with Crippen LogP contribution in [-0.2, 0) is 10.2 Å². The summed E-state index contributed by atoms with van der Waals surface area (Å²) in [5.74, 6) is 1.81. The molecule has 5 nitrogen and oxygen atoms in total. The van der Waals surface area contributed by atoms with Gasteiger partial charge in [-0.3, -0.25) is 4.79 Å². The average Bonchev–Trinajstić information content (AvgIpc) is 3.36. The number of hydrogen-bond donors (Lipinski definition) is 2. The van der Waals surface area contributed by atoms with Crippen LogP contribution in [0.5, 0.6) is 11.5 Å². The predicted octanol–water partition coefficient (Wildman–Crippen LogP) is 1.83. The number of rotatable bonds is 7. The van der Waals surface area contributed by atoms with Crippen LogP contribution in [0.25, 0.3) is 0 Å². The lowest BCUT2D eigenvalue weighted by Gasteiger charge is -2.26. The molecule has 0 aromatic heterocycles. The standard InChI is InChI=1S/C17H26N2O3/c1-17(2,16(20)19-10-13(18)11-5-6-11)12-7-8-14(21-3)15(9-12)22-4/h7-9,11,13H,5-6,10,18H2,1-4H3,(H,19,20). The zero-order chi connectivity index (χ0) is 16.3. The number of carbonyl (C=O) groups excluding carboxylic acids is 1. The van der Waals surface area contributed by atoms with Gasteiger partial charge in [0.25, 0.3) is 0 Å². The highest BCUT2D eigenvalue weighted by Crippen LogP contribution is 2.34. The smallest absolute Gasteiger partial charge is 0.230 e. The van der Waals surface area contributed by atoms with E-state index in [1.165, 1.54) is 12.8 Å². The van der Waals surface area contributed by atoms with Crippen LogP contribution in [0.3, 0.4) is 0 Å². The second-order valence-corrected chi connectivity index (χ2v) is 6.41. The van der Waals surface area contributed by atoms with Crippen molar-refractivity contribution in [3.8, 4) is 11.5 Å². The van der Waals surface area contributed by atoms with Crippen LogP contribution < -0.4 is 20.5 Å². The minimum atomic E-state index is -0.664. The first-order valence-corrected chi connectivity index (χ1v) is 7.66. The van der Waals surface area contributed by atoms with Crippen LogP contribution in [0.4, 0.5) is 0 Å². The Bertz CT molecular complexity index is 539. The third-order valence-corrected chi connectivity index (χ3v) is 4.40. The number of carbonyl (C=O) groups is 1. The van der Waals surface area contributed by atoms with Gasteiger partial charge in [-0.25, -0.2) is 0 Å². The third kappa shape index (κ3) is 3.53. The molecule has 0 bridgehead atoms. The molecule has 0 heterocycles. The van der Waals surface area contributed by atoms with Gasteiger partial charge in [-0.05, 0) is 50.3 Å². The van der Waals surface area contributed by atoms with Gasteiger partial charge >= 0.3 is 0 Å². The van der Waals surface area contributed by atoms with E-state index >= 15 is 0 Å². The molecule has 0 spiro atoms. The van der Waals surface area contributed by atoms with Crippen LogP contribution in [0.1, 0.15) is 32.3 Å². The van der Waals surface area contributed by atoms with Crippen LogP contribution in [0.15, 0.2) is 18.2 Å². The molecule has 1 aromatic carbocycles. The summed E-state index contributed by atoms with van der Waals surface area (Å²) in [6.45, 7) is 4.32. The van der Waals surface area contributed by atoms with Crippen molar-refractivity contribution in [3.63, 3.8) is 0 Å². The topological polar surface area (TPSA) is 73.6 Å². The second kappa shape index (κ2) is 6.57. The maximum atomic E-state index is 12.5. The highest BCUT2D eigenvalue weighted by molar-refractivity contribution is 5.87. The molecule has 0 saturated heterocycles. The third-order valence-electron chi connectivity index (χ3n) is 4.40. The molecule has 22 heavy (non-hydrogen) atoms. The lowest BCUT2D eigenvalue weighted by Crippen LogP contribution is -2.45. The Morgan fingerprint density at radius 1 is 1.32 bits per heavy atom. The maximum Gasteiger partial charge on any atom is 0.230 e. The summed E-state index contributed by atoms with van der Waals surface area (Å²) in [6.07, 6.45) is 2.35. The van der Waals surface area contributed by atoms with E-state index in [2.05, 4.69) is 5.32 Å². The van der Waals surface area contributed by atoms with E-state index < -0.39 is 5.41 Å². The summed E-state index contributed by atoms with van der Waals surface area (Å²) < 4.78 is 10.5. The Labute approximate surface area is 132 Å². The highest BCUT2D eigenvalue weighted by Gasteiger charge is 2.33. The van der Waals surface area contributed by atoms with Gasteiger partial charge in [0.05, 0.1) is 19.6 Å². The van der Waals surface area contributed by atoms with Crippen molar-refractivity contribution >= 4 is 5.91 Å². The van der Waals surface area contributed by atoms with Gasteiger partial charge in [0.1, 0.15) is 0 Å². The highest BCUT2D eigenvalue weighted by atomic mass is 16.5. The number of benzene rings is 1. The predicted molar refractivity (Wildman–Crippen MR) is 86.3 cm³/mol. The van der Waals surface area contributed by atoms with Gasteiger partial charge in [0, 0.05) is 12.6 Å². The zero-order valence-electron chi connectivity index (χ0n) is 13.8. The zero-order valence-corrected chi connectivity index (χ0v) is 13.8. The Hall–Kier alpha value is -1.75. The summed E-state index contributed by atoms with van der Waals surface area (Å²) in [4.78, 5) is 12.5. The number of amides is 1. The summed E-state index contributed by atoms with van der Waals surface area (Å²) >= 11 is 0. The first kappa shape index (κ1) is 16.6. The van der Waals surface area contributed by atoms with Gasteiger partial charge in [-0.2, -0.15) is 0 Å². The minimum absolute atomic E-state index is 0.0316. The quantitative estimate of drug-likeness (QED) is 0.806. The molecule has 3 N–H and O–H groups in total. The molecule has 0 radical (unpaired) electrons. The summed E-state index contributed by atoms with van der Waals surface area (Å²) in [5.41, 5.74) is 6.26. The molecule has 1 aliphatic rings. The molecular weight excluding hydrogens is 280 g/mol. The lowest BCUT2D eigenvalue weighted by atomic mass is 9.83. The first-order valence-electron chi connectivity index (χ1n) is 7.66. The summed E-state index contributed by atoms with van der Waals surface area (Å²) in [5, 5.41) is 2.97. The largest absolute Gasteiger partial charge is 0.493 e. The fourth-order valence-electron chi connectivity index (χ4n) is 2.48. The Kier molecular flexibility index (Phi) is 4.96. The molecule has 0 aliphatic heterocycles. The van der Waals surface area contributed by atoms with E-state index in [4.69, 9.17) is 15.2 Å². The lowest BCUT2D eigenvalue weighted by molar-refractivity contribution is -0.125. The summed E-state index contributed by atoms with van der Waals surface area (Å²) in [6, 6.07) is 5.62. The SMILES string of the molecule is COc1ccc(C(C)(C)C(=O)NCC(N)C2CC2)cc1OC. The van der Waals surface area contributed by atoms with Crippen molar-refractivity contribution < 1.29 is 14.3 Å². The molecule has 122 valence electrons. The van der Waals surface area contributed by atoms with Crippen LogP contribution in [-0.4, -0.2) is 32.7 Å². The first-order chi connectivity index (χ1) is 10.4. The number of methoxy groups -OCH3 is 2. The van der Waals surface area contributed by atoms with Crippen LogP contribution in [0.2, 0.25) is 0 Å². The molecular formula is C17H26N2O3. The van der Waals surface area contributed by atoms with Crippen molar-refractivity contribution in [3.05, 3.63) is 23.8 Å². The Balaban J connectivity index is 2.08. The van der Waals surface area contributed by atoms with Gasteiger partial charge in [-0.1, -0.05) is 6.07 Å². The molecule has 1 unspecified atom stereocenters. The van der Waals surface area contributed by atoms with Gasteiger partial charge < -0.3 is 20.5 Å². The van der Waals surface area contributed by atoms with Crippen molar-refractivity contribution in [2.45, 2.75) is 38.1 Å². The van der Waals surface area contributed by atoms with Gasteiger partial charge in [0.2, 0.25) is 5.91 Å². The van der Waals surface area contributed by atoms with Crippen molar-refractivity contribution in [1.82, 2.24) is 5.32 Å². The van der Waals surface area contributed by atoms with E-state index in [1.54, 1.807) is 14.2 Å². The normalized spacial score (nSPS) is 16.0. The number of nitrogens with two attached hydrogens (primary N) is 1. The minimum Gasteiger partial charge on any atom is -0.493 e. The fraction of sp³-hybridized carbons (Fsp3) is 0.588. The molecule has 1 aromatic rings. The molecule has 1 saturated carbocycles. The molecule has 1 amide bonds. The van der Waals surface area contributed by atoms with Crippen LogP contribution in [0, 0.1) is 5.92 Å². The number of nitrogens with one attached hydrogen (secondary N) is 1. The van der Waals surface area contributed by atoms with Gasteiger partial charge in [-0.15, -0.1) is 0 Å². The van der Waals surface area contributed by atoms with Gasteiger partial charge in [0.15, 0.2) is 11.5 Å². The van der Waals surface area contributed by atoms with Crippen molar-refractivity contribution in [2.24, 2.45) is 11.7 Å². The van der Waals surface area contributed by atoms with E-state index in [-0.39, 0.29) is 11.9 Å². The monoisotopic (exact) mass is 306 g/mol. The van der Waals surface area contributed by atoms with E-state index in [9.17, 15) is 4.79 Å². The number of ether oxygens (including phenoxy) is 2. The van der Waals surface area contributed by atoms with E-state index in [0.717, 1.165) is 5.56 Å². The van der Waals surface area contributed by atoms with Crippen LogP contribution >= 0.6 is 0 Å². The number of hydrogen-bond acceptors (Lipinski definition) is 4. The molecule has 5 heteroatoms. The maximum absolute atomic E-state index is 12.5.